The zero-order valence-corrected chi connectivity index (χ0v) is 17.0. The Hall–Kier alpha value is -1.53. The van der Waals surface area contributed by atoms with Gasteiger partial charge in [-0.25, -0.2) is 0 Å². The fraction of sp³-hybridized carbons (Fsp3) is 0.278. The van der Waals surface area contributed by atoms with E-state index in [1.54, 1.807) is 18.2 Å². The van der Waals surface area contributed by atoms with E-state index < -0.39 is 0 Å². The van der Waals surface area contributed by atoms with Gasteiger partial charge in [0.25, 0.3) is 0 Å². The average molecular weight is 458 g/mol. The Kier molecular flexibility index (Phi) is 5.93. The van der Waals surface area contributed by atoms with E-state index in [9.17, 15) is 9.90 Å². The Morgan fingerprint density at radius 3 is 2.46 bits per heavy atom. The Balaban J connectivity index is 2.42. The van der Waals surface area contributed by atoms with E-state index in [1.165, 1.54) is 6.92 Å². The van der Waals surface area contributed by atoms with Gasteiger partial charge in [-0.05, 0) is 69.0 Å². The molecule has 0 fully saturated rings. The number of ether oxygens (including phenoxy) is 2. The maximum atomic E-state index is 11.2. The lowest BCUT2D eigenvalue weighted by atomic mass is 10.0. The Bertz CT molecular complexity index is 785. The maximum Gasteiger partial charge on any atom is 0.308 e. The molecule has 0 atom stereocenters. The van der Waals surface area contributed by atoms with Gasteiger partial charge in [0.2, 0.25) is 0 Å². The van der Waals surface area contributed by atoms with Crippen LogP contribution in [0.25, 0.3) is 0 Å². The third-order valence-electron chi connectivity index (χ3n) is 3.47. The number of aromatic hydroxyl groups is 1. The summed E-state index contributed by atoms with van der Waals surface area (Å²) in [6.07, 6.45) is 0. The number of benzene rings is 2. The lowest BCUT2D eigenvalue weighted by Gasteiger charge is -2.16. The highest BCUT2D eigenvalue weighted by Gasteiger charge is 2.17. The van der Waals surface area contributed by atoms with E-state index in [2.05, 4.69) is 31.9 Å². The van der Waals surface area contributed by atoms with Crippen molar-refractivity contribution in [2.24, 2.45) is 0 Å². The Morgan fingerprint density at radius 1 is 1.21 bits per heavy atom. The van der Waals surface area contributed by atoms with E-state index in [0.717, 1.165) is 11.1 Å². The second-order valence-electron chi connectivity index (χ2n) is 5.70. The van der Waals surface area contributed by atoms with Crippen molar-refractivity contribution in [3.05, 3.63) is 44.3 Å². The molecule has 0 aliphatic carbocycles. The van der Waals surface area contributed by atoms with Gasteiger partial charge in [-0.2, -0.15) is 0 Å². The van der Waals surface area contributed by atoms with Crippen molar-refractivity contribution in [1.29, 1.82) is 0 Å². The minimum atomic E-state index is -0.384. The highest BCUT2D eigenvalue weighted by Crippen LogP contribution is 2.43. The molecule has 1 N–H and O–H groups in total. The molecule has 0 saturated carbocycles. The van der Waals surface area contributed by atoms with Crippen LogP contribution in [0.15, 0.2) is 33.2 Å². The van der Waals surface area contributed by atoms with E-state index in [0.29, 0.717) is 26.2 Å². The summed E-state index contributed by atoms with van der Waals surface area (Å²) >= 11 is 6.94. The first kappa shape index (κ1) is 18.8. The van der Waals surface area contributed by atoms with Crippen molar-refractivity contribution in [3.63, 3.8) is 0 Å². The fourth-order valence-electron chi connectivity index (χ4n) is 2.20. The quantitative estimate of drug-likeness (QED) is 0.447. The normalized spacial score (nSPS) is 10.8. The maximum absolute atomic E-state index is 11.2. The van der Waals surface area contributed by atoms with Gasteiger partial charge < -0.3 is 14.6 Å². The first-order chi connectivity index (χ1) is 11.2. The molecule has 0 bridgehead atoms. The van der Waals surface area contributed by atoms with E-state index in [-0.39, 0.29) is 17.6 Å². The highest BCUT2D eigenvalue weighted by molar-refractivity contribution is 9.11. The number of hydrogen-bond donors (Lipinski definition) is 1. The van der Waals surface area contributed by atoms with Crippen LogP contribution in [0.2, 0.25) is 0 Å². The molecule has 0 aromatic heterocycles. The molecule has 128 valence electrons. The smallest absolute Gasteiger partial charge is 0.308 e. The molecule has 2 aromatic carbocycles. The average Bonchev–Trinajstić information content (AvgIpc) is 2.49. The number of carbonyl (C=O) groups is 1. The molecule has 4 nitrogen and oxygen atoms in total. The molecule has 24 heavy (non-hydrogen) atoms. The summed E-state index contributed by atoms with van der Waals surface area (Å²) < 4.78 is 12.5. The second kappa shape index (κ2) is 7.57. The van der Waals surface area contributed by atoms with Crippen LogP contribution in [0.3, 0.4) is 0 Å². The van der Waals surface area contributed by atoms with Gasteiger partial charge in [0, 0.05) is 18.1 Å². The van der Waals surface area contributed by atoms with E-state index >= 15 is 0 Å². The van der Waals surface area contributed by atoms with Crippen LogP contribution >= 0.6 is 31.9 Å². The van der Waals surface area contributed by atoms with E-state index in [4.69, 9.17) is 9.47 Å². The van der Waals surface area contributed by atoms with Gasteiger partial charge in [-0.15, -0.1) is 0 Å². The van der Waals surface area contributed by atoms with Crippen LogP contribution in [-0.4, -0.2) is 11.1 Å². The topological polar surface area (TPSA) is 55.8 Å². The highest BCUT2D eigenvalue weighted by atomic mass is 79.9. The monoisotopic (exact) mass is 456 g/mol. The molecule has 0 spiro atoms. The number of hydrogen-bond acceptors (Lipinski definition) is 4. The molecule has 6 heteroatoms. The second-order valence-corrected chi connectivity index (χ2v) is 7.34. The van der Waals surface area contributed by atoms with Gasteiger partial charge in [-0.3, -0.25) is 4.79 Å². The van der Waals surface area contributed by atoms with Crippen molar-refractivity contribution in [3.8, 4) is 23.0 Å². The third-order valence-corrected chi connectivity index (χ3v) is 5.01. The zero-order valence-electron chi connectivity index (χ0n) is 13.8. The van der Waals surface area contributed by atoms with Crippen molar-refractivity contribution in [1.82, 2.24) is 0 Å². The molecule has 0 saturated heterocycles. The molecule has 0 amide bonds. The van der Waals surface area contributed by atoms with Crippen LogP contribution in [0.5, 0.6) is 23.0 Å². The number of phenolic OH excluding ortho intramolecular Hbond substituents is 1. The third kappa shape index (κ3) is 4.11. The van der Waals surface area contributed by atoms with Crippen LogP contribution in [0, 0.1) is 6.92 Å². The predicted molar refractivity (Wildman–Crippen MR) is 100 cm³/mol. The Morgan fingerprint density at radius 2 is 1.88 bits per heavy atom. The number of esters is 1. The summed E-state index contributed by atoms with van der Waals surface area (Å²) in [5, 5.41) is 9.92. The van der Waals surface area contributed by atoms with Crippen molar-refractivity contribution in [2.45, 2.75) is 33.6 Å². The molecule has 2 rings (SSSR count). The van der Waals surface area contributed by atoms with Crippen molar-refractivity contribution in [2.75, 3.05) is 0 Å². The summed E-state index contributed by atoms with van der Waals surface area (Å²) in [5.74, 6) is 1.68. The van der Waals surface area contributed by atoms with Gasteiger partial charge in [0.05, 0.1) is 8.95 Å². The van der Waals surface area contributed by atoms with Gasteiger partial charge in [0.1, 0.15) is 17.2 Å². The molecular formula is C18H18Br2O4. The van der Waals surface area contributed by atoms with Crippen LogP contribution < -0.4 is 9.47 Å². The molecule has 0 heterocycles. The largest absolute Gasteiger partial charge is 0.508 e. The van der Waals surface area contributed by atoms with Crippen LogP contribution in [0.1, 0.15) is 37.8 Å². The summed E-state index contributed by atoms with van der Waals surface area (Å²) in [5.41, 5.74) is 1.57. The Labute approximate surface area is 158 Å². The first-order valence-corrected chi connectivity index (χ1v) is 8.97. The molecule has 0 radical (unpaired) electrons. The number of halogens is 2. The number of carbonyl (C=O) groups excluding carboxylic acids is 1. The summed E-state index contributed by atoms with van der Waals surface area (Å²) in [6.45, 7) is 7.19. The van der Waals surface area contributed by atoms with E-state index in [1.807, 2.05) is 26.8 Å². The predicted octanol–water partition coefficient (Wildman–Crippen LogP) is 6.07. The minimum Gasteiger partial charge on any atom is -0.508 e. The summed E-state index contributed by atoms with van der Waals surface area (Å²) in [6, 6.07) is 6.83. The van der Waals surface area contributed by atoms with Gasteiger partial charge >= 0.3 is 5.97 Å². The molecule has 0 aliphatic rings. The zero-order chi connectivity index (χ0) is 18.0. The number of rotatable bonds is 4. The van der Waals surface area contributed by atoms with Gasteiger partial charge in [-0.1, -0.05) is 13.8 Å². The molecule has 2 aromatic rings. The SMILES string of the molecule is CC(=O)Oc1cc(Br)c(Oc2ccc(O)c(C(C)C)c2)c(Br)c1C. The van der Waals surface area contributed by atoms with Crippen LogP contribution in [-0.2, 0) is 4.79 Å². The van der Waals surface area contributed by atoms with Crippen molar-refractivity contribution < 1.29 is 19.4 Å². The first-order valence-electron chi connectivity index (χ1n) is 7.38. The minimum absolute atomic E-state index is 0.175. The molecule has 0 unspecified atom stereocenters. The van der Waals surface area contributed by atoms with Gasteiger partial charge in [0.15, 0.2) is 5.75 Å². The fourth-order valence-corrected chi connectivity index (χ4v) is 3.45. The summed E-state index contributed by atoms with van der Waals surface area (Å²) in [7, 11) is 0. The number of phenols is 1. The van der Waals surface area contributed by atoms with Crippen LogP contribution in [0.4, 0.5) is 0 Å². The van der Waals surface area contributed by atoms with Crippen molar-refractivity contribution >= 4 is 37.8 Å². The standard InChI is InChI=1S/C18H18Br2O4/c1-9(2)13-7-12(5-6-15(13)22)24-18-14(19)8-16(23-11(4)21)10(3)17(18)20/h5-9,22H,1-4H3. The summed E-state index contributed by atoms with van der Waals surface area (Å²) in [4.78, 5) is 11.2. The lowest BCUT2D eigenvalue weighted by Crippen LogP contribution is -2.04. The lowest BCUT2D eigenvalue weighted by molar-refractivity contribution is -0.131. The molecular weight excluding hydrogens is 440 g/mol. The molecule has 0 aliphatic heterocycles.